The summed E-state index contributed by atoms with van der Waals surface area (Å²) in [5.41, 5.74) is 1.06. The van der Waals surface area contributed by atoms with Crippen molar-refractivity contribution in [3.63, 3.8) is 0 Å². The topological polar surface area (TPSA) is 36.7 Å². The van der Waals surface area contributed by atoms with Gasteiger partial charge in [-0.3, -0.25) is 0 Å². The number of nitrogens with zero attached hydrogens (tertiary/aromatic N) is 2. The normalized spacial score (nSPS) is 10.3. The van der Waals surface area contributed by atoms with Crippen molar-refractivity contribution in [2.75, 3.05) is 0 Å². The Kier molecular flexibility index (Phi) is 3.74. The summed E-state index contributed by atoms with van der Waals surface area (Å²) in [5, 5.41) is 9.63. The molecule has 16 heavy (non-hydrogen) atoms. The molecule has 0 bridgehead atoms. The molecule has 2 nitrogen and oxygen atoms in total. The summed E-state index contributed by atoms with van der Waals surface area (Å²) in [4.78, 5) is 6.95. The second kappa shape index (κ2) is 5.09. The van der Waals surface area contributed by atoms with Gasteiger partial charge in [-0.25, -0.2) is 4.98 Å². The van der Waals surface area contributed by atoms with Crippen LogP contribution in [0.3, 0.4) is 0 Å². The molecule has 2 aromatic rings. The Morgan fingerprint density at radius 1 is 1.44 bits per heavy atom. The van der Waals surface area contributed by atoms with Gasteiger partial charge in [0, 0.05) is 11.3 Å². The van der Waals surface area contributed by atoms with E-state index in [1.54, 1.807) is 22.7 Å². The molecule has 0 aliphatic heterocycles. The van der Waals surface area contributed by atoms with Crippen LogP contribution in [0, 0.1) is 18.3 Å². The van der Waals surface area contributed by atoms with Crippen molar-refractivity contribution in [2.24, 2.45) is 0 Å². The van der Waals surface area contributed by atoms with E-state index < -0.39 is 0 Å². The van der Waals surface area contributed by atoms with Gasteiger partial charge in [0.25, 0.3) is 0 Å². The Labute approximate surface area is 111 Å². The highest BCUT2D eigenvalue weighted by Crippen LogP contribution is 2.35. The van der Waals surface area contributed by atoms with Gasteiger partial charge in [-0.15, -0.1) is 22.7 Å². The Morgan fingerprint density at radius 2 is 2.25 bits per heavy atom. The summed E-state index contributed by atoms with van der Waals surface area (Å²) in [5.74, 6) is 0. The number of hydrogen-bond donors (Lipinski definition) is 0. The second-order valence-electron chi connectivity index (χ2n) is 3.29. The molecule has 0 saturated heterocycles. The minimum Gasteiger partial charge on any atom is -0.240 e. The molecule has 2 aromatic heterocycles. The third kappa shape index (κ3) is 2.51. The third-order valence-electron chi connectivity index (χ3n) is 2.14. The molecule has 5 heteroatoms. The summed E-state index contributed by atoms with van der Waals surface area (Å²) >= 11 is 6.83. The molecule has 0 spiro atoms. The monoisotopic (exact) mass is 312 g/mol. The highest BCUT2D eigenvalue weighted by atomic mass is 79.9. The fourth-order valence-corrected chi connectivity index (χ4v) is 3.87. The van der Waals surface area contributed by atoms with Crippen LogP contribution in [0.5, 0.6) is 0 Å². The van der Waals surface area contributed by atoms with Crippen molar-refractivity contribution in [3.05, 3.63) is 26.5 Å². The summed E-state index contributed by atoms with van der Waals surface area (Å²) < 4.78 is 1.12. The van der Waals surface area contributed by atoms with E-state index >= 15 is 0 Å². The summed E-state index contributed by atoms with van der Waals surface area (Å²) in [6.45, 7) is 2.01. The number of thiazole rings is 1. The predicted molar refractivity (Wildman–Crippen MR) is 71.8 cm³/mol. The van der Waals surface area contributed by atoms with Crippen molar-refractivity contribution < 1.29 is 0 Å². The zero-order valence-corrected chi connectivity index (χ0v) is 11.9. The number of aryl methyl sites for hydroxylation is 2. The lowest BCUT2D eigenvalue weighted by Gasteiger charge is -1.89. The van der Waals surface area contributed by atoms with Gasteiger partial charge < -0.3 is 0 Å². The molecule has 0 aliphatic rings. The first-order chi connectivity index (χ1) is 7.70. The van der Waals surface area contributed by atoms with Crippen molar-refractivity contribution in [2.45, 2.75) is 19.8 Å². The second-order valence-corrected chi connectivity index (χ2v) is 6.84. The van der Waals surface area contributed by atoms with Gasteiger partial charge in [-0.1, -0.05) is 0 Å². The molecule has 0 atom stereocenters. The highest BCUT2D eigenvalue weighted by molar-refractivity contribution is 9.11. The highest BCUT2D eigenvalue weighted by Gasteiger charge is 2.10. The van der Waals surface area contributed by atoms with Crippen LogP contribution >= 0.6 is 38.6 Å². The van der Waals surface area contributed by atoms with Crippen LogP contribution < -0.4 is 0 Å². The van der Waals surface area contributed by atoms with Crippen LogP contribution in [0.2, 0.25) is 0 Å². The zero-order valence-electron chi connectivity index (χ0n) is 8.66. The Bertz CT molecular complexity index is 536. The van der Waals surface area contributed by atoms with E-state index in [2.05, 4.69) is 33.0 Å². The smallest absolute Gasteiger partial charge is 0.133 e. The van der Waals surface area contributed by atoms with E-state index in [1.807, 2.05) is 13.0 Å². The van der Waals surface area contributed by atoms with Crippen LogP contribution in [0.4, 0.5) is 0 Å². The van der Waals surface area contributed by atoms with Crippen molar-refractivity contribution in [3.8, 4) is 16.0 Å². The SMILES string of the molecule is Cc1nc(-c2ccc(Br)s2)sc1CCC#N. The minimum atomic E-state index is 0.566. The van der Waals surface area contributed by atoms with Gasteiger partial charge in [-0.05, 0) is 41.4 Å². The standard InChI is InChI=1S/C11H9BrN2S2/c1-7-8(3-2-6-13)16-11(14-7)9-4-5-10(12)15-9/h4-5H,2-3H2,1H3. The molecule has 0 amide bonds. The lowest BCUT2D eigenvalue weighted by atomic mass is 10.2. The molecule has 2 heterocycles. The van der Waals surface area contributed by atoms with Crippen LogP contribution in [0.1, 0.15) is 17.0 Å². The number of rotatable bonds is 3. The van der Waals surface area contributed by atoms with Crippen molar-refractivity contribution >= 4 is 38.6 Å². The molecular weight excluding hydrogens is 304 g/mol. The summed E-state index contributed by atoms with van der Waals surface area (Å²) in [6.07, 6.45) is 1.38. The molecular formula is C11H9BrN2S2. The van der Waals surface area contributed by atoms with Crippen LogP contribution in [0.25, 0.3) is 9.88 Å². The van der Waals surface area contributed by atoms with E-state index in [1.165, 1.54) is 9.75 Å². The van der Waals surface area contributed by atoms with E-state index in [9.17, 15) is 0 Å². The minimum absolute atomic E-state index is 0.566. The molecule has 0 aliphatic carbocycles. The van der Waals surface area contributed by atoms with Gasteiger partial charge in [0.05, 0.1) is 20.4 Å². The first-order valence-corrected chi connectivity index (χ1v) is 7.22. The van der Waals surface area contributed by atoms with Crippen molar-refractivity contribution in [1.29, 1.82) is 5.26 Å². The average Bonchev–Trinajstić information content (AvgIpc) is 2.82. The molecule has 0 aromatic carbocycles. The lowest BCUT2D eigenvalue weighted by Crippen LogP contribution is -1.82. The summed E-state index contributed by atoms with van der Waals surface area (Å²) in [7, 11) is 0. The zero-order chi connectivity index (χ0) is 11.5. The molecule has 82 valence electrons. The number of nitriles is 1. The van der Waals surface area contributed by atoms with E-state index in [0.717, 1.165) is 20.9 Å². The number of thiophene rings is 1. The molecule has 0 saturated carbocycles. The predicted octanol–water partition coefficient (Wildman–Crippen LogP) is 4.40. The maximum Gasteiger partial charge on any atom is 0.133 e. The van der Waals surface area contributed by atoms with Gasteiger partial charge in [0.15, 0.2) is 0 Å². The fraction of sp³-hybridized carbons (Fsp3) is 0.273. The van der Waals surface area contributed by atoms with Gasteiger partial charge in [-0.2, -0.15) is 5.26 Å². The van der Waals surface area contributed by atoms with Gasteiger partial charge in [0.2, 0.25) is 0 Å². The van der Waals surface area contributed by atoms with Gasteiger partial charge in [0.1, 0.15) is 5.01 Å². The molecule has 0 fully saturated rings. The lowest BCUT2D eigenvalue weighted by molar-refractivity contribution is 1.01. The molecule has 0 N–H and O–H groups in total. The fourth-order valence-electron chi connectivity index (χ4n) is 1.36. The maximum atomic E-state index is 8.58. The van der Waals surface area contributed by atoms with Crippen LogP contribution in [-0.4, -0.2) is 4.98 Å². The molecule has 0 unspecified atom stereocenters. The average molecular weight is 313 g/mol. The number of halogens is 1. The summed E-state index contributed by atoms with van der Waals surface area (Å²) in [6, 6.07) is 6.27. The van der Waals surface area contributed by atoms with Crippen molar-refractivity contribution in [1.82, 2.24) is 4.98 Å². The first-order valence-electron chi connectivity index (χ1n) is 4.79. The molecule has 2 rings (SSSR count). The van der Waals surface area contributed by atoms with E-state index in [-0.39, 0.29) is 0 Å². The van der Waals surface area contributed by atoms with Crippen LogP contribution in [0.15, 0.2) is 15.9 Å². The first kappa shape index (κ1) is 11.8. The Balaban J connectivity index is 2.27. The largest absolute Gasteiger partial charge is 0.240 e. The maximum absolute atomic E-state index is 8.58. The third-order valence-corrected chi connectivity index (χ3v) is 5.15. The van der Waals surface area contributed by atoms with E-state index in [0.29, 0.717) is 6.42 Å². The van der Waals surface area contributed by atoms with Crippen LogP contribution in [-0.2, 0) is 6.42 Å². The number of aromatic nitrogens is 1. The number of hydrogen-bond acceptors (Lipinski definition) is 4. The quantitative estimate of drug-likeness (QED) is 0.842. The van der Waals surface area contributed by atoms with E-state index in [4.69, 9.17) is 5.26 Å². The Hall–Kier alpha value is -0.700. The Morgan fingerprint density at radius 3 is 2.88 bits per heavy atom. The van der Waals surface area contributed by atoms with Gasteiger partial charge >= 0.3 is 0 Å². The molecule has 0 radical (unpaired) electrons.